The summed E-state index contributed by atoms with van der Waals surface area (Å²) in [5, 5.41) is 5.16. The summed E-state index contributed by atoms with van der Waals surface area (Å²) < 4.78 is 15.2. The van der Waals surface area contributed by atoms with Gasteiger partial charge in [-0.25, -0.2) is 14.6 Å². The van der Waals surface area contributed by atoms with Crippen LogP contribution in [0.1, 0.15) is 28.8 Å². The summed E-state index contributed by atoms with van der Waals surface area (Å²) in [6.45, 7) is 3.35. The van der Waals surface area contributed by atoms with Crippen LogP contribution < -0.4 is 10.1 Å². The average Bonchev–Trinajstić information content (AvgIpc) is 3.17. The van der Waals surface area contributed by atoms with E-state index >= 15 is 0 Å². The number of methoxy groups -OCH3 is 2. The van der Waals surface area contributed by atoms with Crippen molar-refractivity contribution in [2.45, 2.75) is 19.9 Å². The number of aromatic nitrogens is 1. The van der Waals surface area contributed by atoms with E-state index in [9.17, 15) is 9.59 Å². The summed E-state index contributed by atoms with van der Waals surface area (Å²) >= 11 is 1.32. The Labute approximate surface area is 168 Å². The topological polar surface area (TPSA) is 90.0 Å². The van der Waals surface area contributed by atoms with Gasteiger partial charge in [0.15, 0.2) is 5.69 Å². The molecule has 0 atom stereocenters. The average molecular weight is 407 g/mol. The first-order valence-corrected chi connectivity index (χ1v) is 9.75. The second-order valence-electron chi connectivity index (χ2n) is 5.77. The molecular formula is C19H25N3O5S. The molecule has 1 heterocycles. The van der Waals surface area contributed by atoms with Crippen LogP contribution in [0.2, 0.25) is 0 Å². The third-order valence-electron chi connectivity index (χ3n) is 3.77. The molecule has 152 valence electrons. The molecule has 0 unspecified atom stereocenters. The SMILES string of the molecule is CCOC(=O)c1csc(CN(CCCOC)C(=O)Nc2ccc(OC)cc2)n1. The molecule has 2 amide bonds. The fourth-order valence-corrected chi connectivity index (χ4v) is 3.15. The number of thiazole rings is 1. The molecule has 0 aliphatic rings. The summed E-state index contributed by atoms with van der Waals surface area (Å²) in [6.07, 6.45) is 0.683. The number of nitrogens with one attached hydrogen (secondary N) is 1. The van der Waals surface area contributed by atoms with Gasteiger partial charge < -0.3 is 24.4 Å². The molecule has 28 heavy (non-hydrogen) atoms. The van der Waals surface area contributed by atoms with Crippen LogP contribution in [0.25, 0.3) is 0 Å². The predicted octanol–water partition coefficient (Wildman–Crippen LogP) is 3.40. The highest BCUT2D eigenvalue weighted by molar-refractivity contribution is 7.09. The number of esters is 1. The third kappa shape index (κ3) is 6.50. The minimum atomic E-state index is -0.460. The summed E-state index contributed by atoms with van der Waals surface area (Å²) in [6, 6.07) is 6.84. The lowest BCUT2D eigenvalue weighted by Crippen LogP contribution is -2.35. The lowest BCUT2D eigenvalue weighted by Gasteiger charge is -2.22. The Hall–Kier alpha value is -2.65. The Morgan fingerprint density at radius 2 is 1.96 bits per heavy atom. The number of anilines is 1. The molecule has 1 aromatic carbocycles. The molecule has 0 saturated carbocycles. The fraction of sp³-hybridized carbons (Fsp3) is 0.421. The van der Waals surface area contributed by atoms with Crippen LogP contribution in [0.3, 0.4) is 0 Å². The molecule has 0 bridgehead atoms. The van der Waals surface area contributed by atoms with Crippen molar-refractivity contribution in [2.24, 2.45) is 0 Å². The second kappa shape index (κ2) is 11.3. The molecule has 2 aromatic rings. The highest BCUT2D eigenvalue weighted by Crippen LogP contribution is 2.17. The van der Waals surface area contributed by atoms with Gasteiger partial charge >= 0.3 is 12.0 Å². The van der Waals surface area contributed by atoms with E-state index in [4.69, 9.17) is 14.2 Å². The number of rotatable bonds is 10. The van der Waals surface area contributed by atoms with Crippen LogP contribution >= 0.6 is 11.3 Å². The van der Waals surface area contributed by atoms with Gasteiger partial charge in [0.05, 0.1) is 20.3 Å². The van der Waals surface area contributed by atoms with Gasteiger partial charge in [-0.2, -0.15) is 0 Å². The van der Waals surface area contributed by atoms with Crippen molar-refractivity contribution in [3.63, 3.8) is 0 Å². The maximum Gasteiger partial charge on any atom is 0.357 e. The van der Waals surface area contributed by atoms with Crippen LogP contribution in [0.4, 0.5) is 10.5 Å². The number of nitrogens with zero attached hydrogens (tertiary/aromatic N) is 2. The zero-order valence-electron chi connectivity index (χ0n) is 16.3. The van der Waals surface area contributed by atoms with E-state index in [1.165, 1.54) is 11.3 Å². The van der Waals surface area contributed by atoms with Crippen molar-refractivity contribution < 1.29 is 23.8 Å². The molecule has 2 rings (SSSR count). The van der Waals surface area contributed by atoms with E-state index in [0.29, 0.717) is 42.6 Å². The molecule has 9 heteroatoms. The molecule has 0 fully saturated rings. The number of carbonyl (C=O) groups excluding carboxylic acids is 2. The molecule has 0 spiro atoms. The molecule has 0 aliphatic carbocycles. The van der Waals surface area contributed by atoms with E-state index in [1.54, 1.807) is 55.7 Å². The maximum atomic E-state index is 12.7. The van der Waals surface area contributed by atoms with Crippen molar-refractivity contribution in [3.05, 3.63) is 40.3 Å². The lowest BCUT2D eigenvalue weighted by atomic mass is 10.3. The predicted molar refractivity (Wildman–Crippen MR) is 107 cm³/mol. The van der Waals surface area contributed by atoms with Gasteiger partial charge in [-0.3, -0.25) is 0 Å². The normalized spacial score (nSPS) is 10.4. The monoisotopic (exact) mass is 407 g/mol. The van der Waals surface area contributed by atoms with Gasteiger partial charge in [0, 0.05) is 31.3 Å². The van der Waals surface area contributed by atoms with Crippen molar-refractivity contribution in [1.82, 2.24) is 9.88 Å². The molecule has 8 nitrogen and oxygen atoms in total. The minimum Gasteiger partial charge on any atom is -0.497 e. The number of amides is 2. The summed E-state index contributed by atoms with van der Waals surface area (Å²) in [5.41, 5.74) is 0.920. The number of ether oxygens (including phenoxy) is 3. The zero-order valence-corrected chi connectivity index (χ0v) is 17.1. The van der Waals surface area contributed by atoms with Gasteiger partial charge in [0.2, 0.25) is 0 Å². The largest absolute Gasteiger partial charge is 0.497 e. The highest BCUT2D eigenvalue weighted by atomic mass is 32.1. The molecule has 0 aliphatic heterocycles. The van der Waals surface area contributed by atoms with Gasteiger partial charge in [0.25, 0.3) is 0 Å². The quantitative estimate of drug-likeness (QED) is 0.480. The first-order valence-electron chi connectivity index (χ1n) is 8.87. The fourth-order valence-electron chi connectivity index (χ4n) is 2.37. The second-order valence-corrected chi connectivity index (χ2v) is 6.72. The summed E-state index contributed by atoms with van der Waals surface area (Å²) in [7, 11) is 3.21. The van der Waals surface area contributed by atoms with Crippen molar-refractivity contribution >= 4 is 29.0 Å². The Bertz CT molecular complexity index is 763. The van der Waals surface area contributed by atoms with Gasteiger partial charge in [-0.1, -0.05) is 0 Å². The minimum absolute atomic E-state index is 0.255. The zero-order chi connectivity index (χ0) is 20.4. The van der Waals surface area contributed by atoms with E-state index in [2.05, 4.69) is 10.3 Å². The van der Waals surface area contributed by atoms with Crippen molar-refractivity contribution in [3.8, 4) is 5.75 Å². The Morgan fingerprint density at radius 1 is 1.21 bits per heavy atom. The van der Waals surface area contributed by atoms with Crippen molar-refractivity contribution in [1.29, 1.82) is 0 Å². The van der Waals surface area contributed by atoms with Gasteiger partial charge in [-0.15, -0.1) is 11.3 Å². The van der Waals surface area contributed by atoms with Crippen LogP contribution in [0.15, 0.2) is 29.6 Å². The Morgan fingerprint density at radius 3 is 2.61 bits per heavy atom. The van der Waals surface area contributed by atoms with Gasteiger partial charge in [0.1, 0.15) is 10.8 Å². The standard InChI is InChI=1S/C19H25N3O5S/c1-4-27-18(23)16-13-28-17(21-16)12-22(10-5-11-25-2)19(24)20-14-6-8-15(26-3)9-7-14/h6-9,13H,4-5,10-12H2,1-3H3,(H,20,24). The van der Waals surface area contributed by atoms with Gasteiger partial charge in [-0.05, 0) is 37.6 Å². The van der Waals surface area contributed by atoms with E-state index in [0.717, 1.165) is 0 Å². The highest BCUT2D eigenvalue weighted by Gasteiger charge is 2.18. The molecular weight excluding hydrogens is 382 g/mol. The van der Waals surface area contributed by atoms with Crippen molar-refractivity contribution in [2.75, 3.05) is 39.3 Å². The Kier molecular flexibility index (Phi) is 8.70. The van der Waals surface area contributed by atoms with Crippen LogP contribution in [-0.2, 0) is 16.0 Å². The van der Waals surface area contributed by atoms with E-state index in [-0.39, 0.29) is 18.3 Å². The van der Waals surface area contributed by atoms with Crippen LogP contribution in [-0.4, -0.2) is 55.9 Å². The molecule has 0 radical (unpaired) electrons. The lowest BCUT2D eigenvalue weighted by molar-refractivity contribution is 0.0520. The molecule has 1 aromatic heterocycles. The van der Waals surface area contributed by atoms with E-state index < -0.39 is 5.97 Å². The Balaban J connectivity index is 2.05. The summed E-state index contributed by atoms with van der Waals surface area (Å²) in [5.74, 6) is 0.253. The molecule has 0 saturated heterocycles. The number of benzene rings is 1. The first-order chi connectivity index (χ1) is 13.6. The third-order valence-corrected chi connectivity index (χ3v) is 4.60. The first kappa shape index (κ1) is 21.6. The number of hydrogen-bond acceptors (Lipinski definition) is 7. The van der Waals surface area contributed by atoms with E-state index in [1.807, 2.05) is 0 Å². The van der Waals surface area contributed by atoms with Crippen LogP contribution in [0, 0.1) is 0 Å². The molecule has 1 N–H and O–H groups in total. The maximum absolute atomic E-state index is 12.7. The number of urea groups is 1. The van der Waals surface area contributed by atoms with Crippen LogP contribution in [0.5, 0.6) is 5.75 Å². The summed E-state index contributed by atoms with van der Waals surface area (Å²) in [4.78, 5) is 30.4. The number of carbonyl (C=O) groups is 2. The number of hydrogen-bond donors (Lipinski definition) is 1. The smallest absolute Gasteiger partial charge is 0.357 e.